The van der Waals surface area contributed by atoms with Crippen LogP contribution in [-0.4, -0.2) is 4.98 Å². The molecule has 0 saturated heterocycles. The Morgan fingerprint density at radius 1 is 0.404 bits per heavy atom. The van der Waals surface area contributed by atoms with Gasteiger partial charge in [0, 0.05) is 37.6 Å². The van der Waals surface area contributed by atoms with Gasteiger partial charge in [0.15, 0.2) is 12.7 Å². The van der Waals surface area contributed by atoms with E-state index in [2.05, 4.69) is 121 Å². The van der Waals surface area contributed by atoms with Gasteiger partial charge in [-0.3, -0.25) is 0 Å². The highest BCUT2D eigenvalue weighted by atomic mass is 31.2. The minimum atomic E-state index is -3.13. The fourth-order valence-corrected chi connectivity index (χ4v) is 11.3. The van der Waals surface area contributed by atoms with E-state index >= 15 is 4.57 Å². The lowest BCUT2D eigenvalue weighted by molar-refractivity contribution is 0.592. The van der Waals surface area contributed by atoms with Crippen molar-refractivity contribution in [1.82, 2.24) is 4.98 Å². The molecular weight excluding hydrogens is 714 g/mol. The zero-order valence-corrected chi connectivity index (χ0v) is 31.7. The first-order valence-corrected chi connectivity index (χ1v) is 20.9. The predicted molar refractivity (Wildman–Crippen MR) is 240 cm³/mol. The number of hydrogen-bond donors (Lipinski definition) is 0. The lowest BCUT2D eigenvalue weighted by Gasteiger charge is -2.20. The summed E-state index contributed by atoms with van der Waals surface area (Å²) in [6.45, 7) is 0. The smallest absolute Gasteiger partial charge is 0.171 e. The summed E-state index contributed by atoms with van der Waals surface area (Å²) in [6, 6.07) is 70.7. The van der Waals surface area contributed by atoms with E-state index in [1.165, 1.54) is 10.8 Å². The molecule has 0 fully saturated rings. The number of hydrogen-bond acceptors (Lipinski definition) is 3. The van der Waals surface area contributed by atoms with E-state index in [9.17, 15) is 0 Å². The number of aromatic nitrogens is 1. The van der Waals surface area contributed by atoms with Crippen molar-refractivity contribution in [3.63, 3.8) is 0 Å². The Labute approximate surface area is 329 Å². The van der Waals surface area contributed by atoms with Crippen molar-refractivity contribution in [1.29, 1.82) is 0 Å². The molecule has 0 spiro atoms. The normalized spacial score (nSPS) is 11.9. The van der Waals surface area contributed by atoms with Crippen molar-refractivity contribution in [2.45, 2.75) is 0 Å². The average Bonchev–Trinajstić information content (AvgIpc) is 3.69. The summed E-state index contributed by atoms with van der Waals surface area (Å²) in [5, 5.41) is 10.4. The molecule has 2 aromatic heterocycles. The maximum atomic E-state index is 15.2. The molecule has 2 heterocycles. The van der Waals surface area contributed by atoms with Gasteiger partial charge in [-0.05, 0) is 74.1 Å². The number of nitrogens with zero attached hydrogens (tertiary/aromatic N) is 1. The van der Waals surface area contributed by atoms with Crippen molar-refractivity contribution in [3.05, 3.63) is 206 Å². The van der Waals surface area contributed by atoms with E-state index in [-0.39, 0.29) is 0 Å². The van der Waals surface area contributed by atoms with Crippen LogP contribution in [-0.2, 0) is 4.57 Å². The molecule has 0 N–H and O–H groups in total. The Hall–Kier alpha value is -7.06. The van der Waals surface area contributed by atoms with Crippen molar-refractivity contribution in [2.24, 2.45) is 0 Å². The first-order valence-electron chi connectivity index (χ1n) is 19.2. The van der Waals surface area contributed by atoms with Gasteiger partial charge in [-0.1, -0.05) is 176 Å². The van der Waals surface area contributed by atoms with Crippen molar-refractivity contribution >= 4 is 77.4 Å². The summed E-state index contributed by atoms with van der Waals surface area (Å²) in [4.78, 5) is 5.46. The third kappa shape index (κ3) is 5.43. The van der Waals surface area contributed by atoms with Crippen LogP contribution in [0.5, 0.6) is 0 Å². The fourth-order valence-electron chi connectivity index (χ4n) is 8.58. The van der Waals surface area contributed by atoms with E-state index < -0.39 is 7.14 Å². The maximum Gasteiger partial charge on any atom is 0.171 e. The van der Waals surface area contributed by atoms with E-state index in [4.69, 9.17) is 9.40 Å². The van der Waals surface area contributed by atoms with Gasteiger partial charge in [0.1, 0.15) is 11.3 Å². The molecule has 0 bridgehead atoms. The first kappa shape index (κ1) is 33.3. The Morgan fingerprint density at radius 2 is 0.965 bits per heavy atom. The number of benzene rings is 9. The lowest BCUT2D eigenvalue weighted by atomic mass is 9.93. The van der Waals surface area contributed by atoms with Crippen LogP contribution in [0.25, 0.3) is 87.9 Å². The minimum absolute atomic E-state index is 0.794. The molecule has 4 heteroatoms. The Balaban J connectivity index is 1.08. The number of furan rings is 1. The molecule has 0 atom stereocenters. The van der Waals surface area contributed by atoms with Crippen LogP contribution in [0.3, 0.4) is 0 Å². The fraction of sp³-hybridized carbons (Fsp3) is 0. The van der Waals surface area contributed by atoms with Crippen LogP contribution in [0.4, 0.5) is 0 Å². The topological polar surface area (TPSA) is 43.1 Å². The van der Waals surface area contributed by atoms with Crippen LogP contribution in [0.15, 0.2) is 211 Å². The summed E-state index contributed by atoms with van der Waals surface area (Å²) in [7, 11) is -3.13. The molecule has 3 nitrogen and oxygen atoms in total. The quantitative estimate of drug-likeness (QED) is 0.126. The van der Waals surface area contributed by atoms with Crippen molar-refractivity contribution in [3.8, 4) is 33.5 Å². The molecule has 0 aliphatic heterocycles. The molecule has 0 amide bonds. The van der Waals surface area contributed by atoms with Gasteiger partial charge in [0.25, 0.3) is 0 Å². The number of fused-ring (bicyclic) bond motifs is 8. The summed E-state index contributed by atoms with van der Waals surface area (Å²) in [6.07, 6.45) is 0. The molecule has 11 aromatic rings. The molecule has 9 aromatic carbocycles. The van der Waals surface area contributed by atoms with Gasteiger partial charge in [-0.15, -0.1) is 0 Å². The monoisotopic (exact) mass is 747 g/mol. The van der Waals surface area contributed by atoms with Crippen molar-refractivity contribution < 1.29 is 8.98 Å². The highest BCUT2D eigenvalue weighted by Crippen LogP contribution is 2.45. The van der Waals surface area contributed by atoms with Gasteiger partial charge in [-0.2, -0.15) is 0 Å². The molecule has 0 unspecified atom stereocenters. The summed E-state index contributed by atoms with van der Waals surface area (Å²) in [5.41, 5.74) is 8.62. The summed E-state index contributed by atoms with van der Waals surface area (Å²) >= 11 is 0. The van der Waals surface area contributed by atoms with E-state index in [0.717, 1.165) is 93.0 Å². The van der Waals surface area contributed by atoms with Crippen LogP contribution in [0, 0.1) is 0 Å². The number of para-hydroxylation sites is 1. The molecule has 0 saturated carbocycles. The van der Waals surface area contributed by atoms with Gasteiger partial charge in [0.05, 0.1) is 5.52 Å². The van der Waals surface area contributed by atoms with Crippen LogP contribution < -0.4 is 15.9 Å². The van der Waals surface area contributed by atoms with Crippen LogP contribution in [0.1, 0.15) is 0 Å². The van der Waals surface area contributed by atoms with Gasteiger partial charge < -0.3 is 8.98 Å². The van der Waals surface area contributed by atoms with Crippen molar-refractivity contribution in [2.75, 3.05) is 0 Å². The Morgan fingerprint density at radius 3 is 1.70 bits per heavy atom. The highest BCUT2D eigenvalue weighted by molar-refractivity contribution is 7.85. The van der Waals surface area contributed by atoms with Gasteiger partial charge in [0.2, 0.25) is 0 Å². The highest BCUT2D eigenvalue weighted by Gasteiger charge is 2.30. The lowest BCUT2D eigenvalue weighted by Crippen LogP contribution is -2.25. The maximum absolute atomic E-state index is 15.2. The summed E-state index contributed by atoms with van der Waals surface area (Å²) in [5.74, 6) is 0. The van der Waals surface area contributed by atoms with Gasteiger partial charge in [-0.25, -0.2) is 4.98 Å². The van der Waals surface area contributed by atoms with E-state index in [1.54, 1.807) is 0 Å². The number of rotatable bonds is 6. The van der Waals surface area contributed by atoms with Crippen LogP contribution >= 0.6 is 7.14 Å². The minimum Gasteiger partial charge on any atom is -0.454 e. The third-order valence-electron chi connectivity index (χ3n) is 11.3. The zero-order chi connectivity index (χ0) is 37.9. The second kappa shape index (κ2) is 13.3. The van der Waals surface area contributed by atoms with Crippen LogP contribution in [0.2, 0.25) is 0 Å². The molecule has 268 valence electrons. The molecular formula is C53H34NO2P. The average molecular weight is 748 g/mol. The second-order valence-electron chi connectivity index (χ2n) is 14.6. The first-order chi connectivity index (χ1) is 28.1. The molecule has 0 aliphatic carbocycles. The van der Waals surface area contributed by atoms with Gasteiger partial charge >= 0.3 is 0 Å². The largest absolute Gasteiger partial charge is 0.454 e. The standard InChI is InChI=1S/C53H34NO2P/c55-57(40-19-3-1-4-20-40,41-21-5-2-6-22-41)42-23-14-18-37(32-42)35-16-13-17-36(31-35)38-29-30-46-49(34-38)54-52(53-51(46)47-27-11-12-28-50(47)56-53)48-33-39-15-7-8-24-43(39)44-25-9-10-26-45(44)48/h1-34H. The zero-order valence-electron chi connectivity index (χ0n) is 30.8. The molecule has 0 aliphatic rings. The molecule has 11 rings (SSSR count). The third-order valence-corrected chi connectivity index (χ3v) is 14.4. The Kier molecular flexibility index (Phi) is 7.77. The summed E-state index contributed by atoms with van der Waals surface area (Å²) < 4.78 is 21.9. The van der Waals surface area contributed by atoms with E-state index in [1.807, 2.05) is 84.9 Å². The molecule has 57 heavy (non-hydrogen) atoms. The SMILES string of the molecule is O=P(c1ccccc1)(c1ccccc1)c1cccc(-c2cccc(-c3ccc4c(c3)nc(-c3cc5ccccc5c5ccccc35)c3oc5ccccc5c34)c2)c1. The second-order valence-corrected chi connectivity index (χ2v) is 17.4. The predicted octanol–water partition coefficient (Wildman–Crippen LogP) is 13.1. The van der Waals surface area contributed by atoms with E-state index in [0.29, 0.717) is 0 Å². The Bertz CT molecular complexity index is 3340. The number of pyridine rings is 1. The molecule has 0 radical (unpaired) electrons.